The van der Waals surface area contributed by atoms with Crippen LogP contribution in [0.4, 0.5) is 4.39 Å². The van der Waals surface area contributed by atoms with E-state index in [0.717, 1.165) is 22.1 Å². The van der Waals surface area contributed by atoms with Crippen molar-refractivity contribution in [1.29, 1.82) is 0 Å². The lowest BCUT2D eigenvalue weighted by atomic mass is 10.3. The fourth-order valence-electron chi connectivity index (χ4n) is 2.45. The van der Waals surface area contributed by atoms with Crippen LogP contribution < -0.4 is 10.2 Å². The lowest BCUT2D eigenvalue weighted by Crippen LogP contribution is -2.24. The van der Waals surface area contributed by atoms with E-state index in [1.54, 1.807) is 29.8 Å². The normalized spacial score (nSPS) is 11.0. The Hall–Kier alpha value is -3.00. The molecule has 0 aliphatic rings. The fourth-order valence-corrected chi connectivity index (χ4v) is 3.20. The van der Waals surface area contributed by atoms with Gasteiger partial charge < -0.3 is 4.74 Å². The van der Waals surface area contributed by atoms with Crippen LogP contribution in [0.2, 0.25) is 0 Å². The molecule has 0 saturated carbocycles. The van der Waals surface area contributed by atoms with E-state index in [1.807, 2.05) is 29.9 Å². The van der Waals surface area contributed by atoms with E-state index in [9.17, 15) is 9.18 Å². The number of aryl methyl sites for hydroxylation is 1. The Morgan fingerprint density at radius 1 is 1.42 bits per heavy atom. The second-order valence-corrected chi connectivity index (χ2v) is 6.39. The van der Waals surface area contributed by atoms with Crippen molar-refractivity contribution in [1.82, 2.24) is 15.0 Å². The average molecular weight is 372 g/mol. The van der Waals surface area contributed by atoms with Gasteiger partial charge in [-0.3, -0.25) is 9.36 Å². The van der Waals surface area contributed by atoms with Gasteiger partial charge in [-0.15, -0.1) is 11.3 Å². The summed E-state index contributed by atoms with van der Waals surface area (Å²) >= 11 is 1.55. The first-order chi connectivity index (χ1) is 12.5. The molecular formula is C18H17FN4O2S. The van der Waals surface area contributed by atoms with Crippen molar-refractivity contribution in [2.24, 2.45) is 5.10 Å². The zero-order valence-electron chi connectivity index (χ0n) is 14.3. The van der Waals surface area contributed by atoms with Gasteiger partial charge in [0.1, 0.15) is 11.6 Å². The third-order valence-electron chi connectivity index (χ3n) is 3.64. The number of halogens is 1. The Morgan fingerprint density at radius 3 is 3.00 bits per heavy atom. The molecule has 3 rings (SSSR count). The highest BCUT2D eigenvalue weighted by Gasteiger charge is 2.11. The van der Waals surface area contributed by atoms with Gasteiger partial charge in [-0.1, -0.05) is 6.07 Å². The first-order valence-corrected chi connectivity index (χ1v) is 8.71. The van der Waals surface area contributed by atoms with Crippen molar-refractivity contribution in [3.63, 3.8) is 0 Å². The van der Waals surface area contributed by atoms with Gasteiger partial charge in [-0.2, -0.15) is 5.10 Å². The molecule has 0 spiro atoms. The molecule has 0 unspecified atom stereocenters. The quantitative estimate of drug-likeness (QED) is 0.534. The van der Waals surface area contributed by atoms with Gasteiger partial charge in [-0.05, 0) is 32.0 Å². The van der Waals surface area contributed by atoms with Gasteiger partial charge in [0, 0.05) is 34.6 Å². The number of carbonyl (C=O) groups excluding carboxylic acids is 1. The Labute approximate surface area is 154 Å². The standard InChI is InChI=1S/C18H17FN4O2S/c1-12-8-14(13(2)23(12)18-20-6-7-26-18)10-21-22-17(24)11-25-16-5-3-4-15(19)9-16/h3-10H,11H2,1-2H3,(H,22,24)/b21-10-. The van der Waals surface area contributed by atoms with E-state index in [-0.39, 0.29) is 12.4 Å². The first kappa shape index (κ1) is 17.8. The summed E-state index contributed by atoms with van der Waals surface area (Å²) in [5.74, 6) is -0.563. The molecular weight excluding hydrogens is 355 g/mol. The van der Waals surface area contributed by atoms with E-state index in [1.165, 1.54) is 18.2 Å². The summed E-state index contributed by atoms with van der Waals surface area (Å²) < 4.78 is 20.3. The second-order valence-electron chi connectivity index (χ2n) is 5.52. The molecule has 0 aliphatic heterocycles. The molecule has 6 nitrogen and oxygen atoms in total. The van der Waals surface area contributed by atoms with Gasteiger partial charge in [0.05, 0.1) is 6.21 Å². The maximum atomic E-state index is 13.0. The molecule has 2 heterocycles. The summed E-state index contributed by atoms with van der Waals surface area (Å²) in [5, 5.41) is 6.76. The zero-order chi connectivity index (χ0) is 18.5. The van der Waals surface area contributed by atoms with Crippen molar-refractivity contribution in [3.8, 4) is 10.9 Å². The van der Waals surface area contributed by atoms with Crippen molar-refractivity contribution in [2.45, 2.75) is 13.8 Å². The number of nitrogens with zero attached hydrogens (tertiary/aromatic N) is 3. The van der Waals surface area contributed by atoms with Crippen LogP contribution in [0.25, 0.3) is 5.13 Å². The summed E-state index contributed by atoms with van der Waals surface area (Å²) in [7, 11) is 0. The predicted octanol–water partition coefficient (Wildman–Crippen LogP) is 3.22. The number of aromatic nitrogens is 2. The van der Waals surface area contributed by atoms with Crippen molar-refractivity contribution < 1.29 is 13.9 Å². The average Bonchev–Trinajstić information content (AvgIpc) is 3.21. The number of rotatable bonds is 6. The van der Waals surface area contributed by atoms with E-state index in [0.29, 0.717) is 0 Å². The highest BCUT2D eigenvalue weighted by atomic mass is 32.1. The van der Waals surface area contributed by atoms with Crippen LogP contribution in [-0.2, 0) is 4.79 Å². The molecule has 26 heavy (non-hydrogen) atoms. The SMILES string of the molecule is Cc1cc(/C=N\NC(=O)COc2cccc(F)c2)c(C)n1-c1nccs1. The number of carbonyl (C=O) groups is 1. The molecule has 2 aromatic heterocycles. The second kappa shape index (κ2) is 7.92. The number of hydrogen-bond donors (Lipinski definition) is 1. The summed E-state index contributed by atoms with van der Waals surface area (Å²) in [6, 6.07) is 7.57. The molecule has 0 aliphatic carbocycles. The predicted molar refractivity (Wildman–Crippen MR) is 98.5 cm³/mol. The lowest BCUT2D eigenvalue weighted by molar-refractivity contribution is -0.123. The van der Waals surface area contributed by atoms with Crippen LogP contribution in [0, 0.1) is 19.7 Å². The van der Waals surface area contributed by atoms with Crippen LogP contribution in [0.15, 0.2) is 47.0 Å². The Kier molecular flexibility index (Phi) is 5.43. The van der Waals surface area contributed by atoms with Crippen molar-refractivity contribution in [2.75, 3.05) is 6.61 Å². The Balaban J connectivity index is 1.58. The van der Waals surface area contributed by atoms with Gasteiger partial charge in [-0.25, -0.2) is 14.8 Å². The highest BCUT2D eigenvalue weighted by Crippen LogP contribution is 2.21. The molecule has 0 bridgehead atoms. The molecule has 8 heteroatoms. The van der Waals surface area contributed by atoms with Gasteiger partial charge in [0.25, 0.3) is 5.91 Å². The Bertz CT molecular complexity index is 935. The van der Waals surface area contributed by atoms with Crippen molar-refractivity contribution >= 4 is 23.5 Å². The van der Waals surface area contributed by atoms with Gasteiger partial charge in [0.15, 0.2) is 11.7 Å². The third-order valence-corrected chi connectivity index (χ3v) is 4.40. The molecule has 0 radical (unpaired) electrons. The summed E-state index contributed by atoms with van der Waals surface area (Å²) in [6.45, 7) is 3.70. The monoisotopic (exact) mass is 372 g/mol. The van der Waals surface area contributed by atoms with E-state index < -0.39 is 11.7 Å². The van der Waals surface area contributed by atoms with E-state index in [2.05, 4.69) is 15.5 Å². The minimum absolute atomic E-state index is 0.251. The number of amides is 1. The number of hydrogen-bond acceptors (Lipinski definition) is 5. The molecule has 1 aromatic carbocycles. The lowest BCUT2D eigenvalue weighted by Gasteiger charge is -2.05. The maximum absolute atomic E-state index is 13.0. The number of ether oxygens (including phenoxy) is 1. The van der Waals surface area contributed by atoms with Crippen molar-refractivity contribution in [3.05, 3.63) is 64.7 Å². The smallest absolute Gasteiger partial charge is 0.277 e. The number of nitrogens with one attached hydrogen (secondary N) is 1. The topological polar surface area (TPSA) is 68.5 Å². The minimum atomic E-state index is -0.431. The molecule has 1 N–H and O–H groups in total. The fraction of sp³-hybridized carbons (Fsp3) is 0.167. The first-order valence-electron chi connectivity index (χ1n) is 7.83. The maximum Gasteiger partial charge on any atom is 0.277 e. The number of hydrazone groups is 1. The third kappa shape index (κ3) is 4.15. The largest absolute Gasteiger partial charge is 0.484 e. The zero-order valence-corrected chi connectivity index (χ0v) is 15.1. The molecule has 0 fully saturated rings. The minimum Gasteiger partial charge on any atom is -0.484 e. The molecule has 0 saturated heterocycles. The summed E-state index contributed by atoms with van der Waals surface area (Å²) in [5.41, 5.74) is 5.28. The van der Waals surface area contributed by atoms with E-state index in [4.69, 9.17) is 4.74 Å². The summed E-state index contributed by atoms with van der Waals surface area (Å²) in [6.07, 6.45) is 3.33. The molecule has 1 amide bonds. The van der Waals surface area contributed by atoms with E-state index >= 15 is 0 Å². The van der Waals surface area contributed by atoms with Gasteiger partial charge in [0.2, 0.25) is 0 Å². The van der Waals surface area contributed by atoms with Crippen LogP contribution in [0.1, 0.15) is 17.0 Å². The van der Waals surface area contributed by atoms with Crippen LogP contribution in [-0.4, -0.2) is 28.3 Å². The summed E-state index contributed by atoms with van der Waals surface area (Å²) in [4.78, 5) is 16.1. The molecule has 0 atom stereocenters. The number of thiazole rings is 1. The molecule has 3 aromatic rings. The highest BCUT2D eigenvalue weighted by molar-refractivity contribution is 7.12. The van der Waals surface area contributed by atoms with Crippen LogP contribution in [0.5, 0.6) is 5.75 Å². The van der Waals surface area contributed by atoms with Crippen LogP contribution >= 0.6 is 11.3 Å². The number of benzene rings is 1. The molecule has 134 valence electrons. The van der Waals surface area contributed by atoms with Gasteiger partial charge >= 0.3 is 0 Å². The van der Waals surface area contributed by atoms with Crippen LogP contribution in [0.3, 0.4) is 0 Å². The Morgan fingerprint density at radius 2 is 2.27 bits per heavy atom.